The van der Waals surface area contributed by atoms with Crippen molar-refractivity contribution < 1.29 is 18.7 Å². The Morgan fingerprint density at radius 2 is 1.59 bits per heavy atom. The molecule has 3 fully saturated rings. The van der Waals surface area contributed by atoms with Crippen molar-refractivity contribution >= 4 is 14.2 Å². The summed E-state index contributed by atoms with van der Waals surface area (Å²) in [6.45, 7) is 16.3. The summed E-state index contributed by atoms with van der Waals surface area (Å²) < 4.78 is 27.3. The second-order valence-corrected chi connectivity index (χ2v) is 16.8. The number of rotatable bonds is 6. The van der Waals surface area contributed by atoms with Crippen LogP contribution in [0.3, 0.4) is 0 Å². The summed E-state index contributed by atoms with van der Waals surface area (Å²) in [7, 11) is -1.72. The summed E-state index contributed by atoms with van der Waals surface area (Å²) >= 11 is 0. The molecule has 168 valence electrons. The molecule has 1 spiro atoms. The molecule has 0 radical (unpaired) electrons. The molecular formula is C23H42FNO3Si. The highest BCUT2D eigenvalue weighted by molar-refractivity contribution is 6.83. The molecular weight excluding hydrogens is 385 g/mol. The van der Waals surface area contributed by atoms with E-state index < -0.39 is 14.2 Å². The Morgan fingerprint density at radius 1 is 1.07 bits per heavy atom. The van der Waals surface area contributed by atoms with E-state index in [2.05, 4.69) is 41.5 Å². The SMILES string of the molecule is CCOC(=O)N1C2CCC1CC1(C2)C[C@@H](F)[C@@H](C[Si](C(C)C)(C(C)C)C(C)C)O1. The lowest BCUT2D eigenvalue weighted by Gasteiger charge is -2.46. The van der Waals surface area contributed by atoms with Gasteiger partial charge in [0.15, 0.2) is 0 Å². The van der Waals surface area contributed by atoms with Crippen molar-refractivity contribution in [3.8, 4) is 0 Å². The van der Waals surface area contributed by atoms with Gasteiger partial charge < -0.3 is 14.4 Å². The van der Waals surface area contributed by atoms with E-state index in [0.717, 1.165) is 31.7 Å². The second-order valence-electron chi connectivity index (χ2n) is 10.7. The third-order valence-corrected chi connectivity index (χ3v) is 16.0. The average molecular weight is 428 g/mol. The summed E-state index contributed by atoms with van der Waals surface area (Å²) in [6.07, 6.45) is 2.64. The van der Waals surface area contributed by atoms with E-state index in [1.165, 1.54) is 0 Å². The topological polar surface area (TPSA) is 38.8 Å². The smallest absolute Gasteiger partial charge is 0.410 e. The Balaban J connectivity index is 1.75. The minimum atomic E-state index is -1.72. The maximum Gasteiger partial charge on any atom is 0.410 e. The number of halogens is 1. The summed E-state index contributed by atoms with van der Waals surface area (Å²) in [4.78, 5) is 14.3. The number of carbonyl (C=O) groups is 1. The minimum Gasteiger partial charge on any atom is -0.450 e. The maximum atomic E-state index is 15.4. The number of hydrogen-bond donors (Lipinski definition) is 0. The Kier molecular flexibility index (Phi) is 6.74. The highest BCUT2D eigenvalue weighted by Crippen LogP contribution is 2.53. The van der Waals surface area contributed by atoms with Crippen LogP contribution < -0.4 is 0 Å². The van der Waals surface area contributed by atoms with Crippen molar-refractivity contribution in [2.24, 2.45) is 0 Å². The molecule has 3 aliphatic heterocycles. The van der Waals surface area contributed by atoms with E-state index in [-0.39, 0.29) is 29.9 Å². The van der Waals surface area contributed by atoms with E-state index in [1.807, 2.05) is 11.8 Å². The average Bonchev–Trinajstić information content (AvgIpc) is 3.06. The number of fused-ring (bicyclic) bond motifs is 2. The first-order valence-corrected chi connectivity index (χ1v) is 14.3. The van der Waals surface area contributed by atoms with Crippen molar-refractivity contribution in [3.05, 3.63) is 0 Å². The van der Waals surface area contributed by atoms with Crippen LogP contribution in [-0.2, 0) is 9.47 Å². The number of nitrogens with zero attached hydrogens (tertiary/aromatic N) is 1. The molecule has 1 amide bonds. The van der Waals surface area contributed by atoms with E-state index >= 15 is 4.39 Å². The van der Waals surface area contributed by atoms with Crippen molar-refractivity contribution in [2.75, 3.05) is 6.61 Å². The monoisotopic (exact) mass is 427 g/mol. The molecule has 2 bridgehead atoms. The van der Waals surface area contributed by atoms with E-state index in [4.69, 9.17) is 9.47 Å². The Hall–Kier alpha value is -0.623. The molecule has 3 rings (SSSR count). The van der Waals surface area contributed by atoms with Gasteiger partial charge in [-0.3, -0.25) is 0 Å². The quantitative estimate of drug-likeness (QED) is 0.466. The van der Waals surface area contributed by atoms with Gasteiger partial charge in [0.05, 0.1) is 26.4 Å². The first-order chi connectivity index (χ1) is 13.6. The van der Waals surface area contributed by atoms with Crippen molar-refractivity contribution in [1.82, 2.24) is 4.90 Å². The number of piperidine rings is 1. The number of hydrogen-bond acceptors (Lipinski definition) is 3. The largest absolute Gasteiger partial charge is 0.450 e. The van der Waals surface area contributed by atoms with Gasteiger partial charge >= 0.3 is 6.09 Å². The Morgan fingerprint density at radius 3 is 2.03 bits per heavy atom. The molecule has 3 heterocycles. The van der Waals surface area contributed by atoms with Gasteiger partial charge in [0.25, 0.3) is 0 Å². The Labute approximate surface area is 177 Å². The van der Waals surface area contributed by atoms with Crippen molar-refractivity contribution in [1.29, 1.82) is 0 Å². The van der Waals surface area contributed by atoms with Gasteiger partial charge in [0.2, 0.25) is 0 Å². The fourth-order valence-electron chi connectivity index (χ4n) is 7.22. The van der Waals surface area contributed by atoms with E-state index in [9.17, 15) is 4.79 Å². The van der Waals surface area contributed by atoms with Gasteiger partial charge in [0.1, 0.15) is 6.17 Å². The zero-order valence-electron chi connectivity index (χ0n) is 19.5. The molecule has 0 saturated carbocycles. The van der Waals surface area contributed by atoms with E-state index in [0.29, 0.717) is 29.7 Å². The van der Waals surface area contributed by atoms with Crippen LogP contribution in [0.1, 0.15) is 80.6 Å². The van der Waals surface area contributed by atoms with Crippen LogP contribution in [-0.4, -0.2) is 55.6 Å². The highest BCUT2D eigenvalue weighted by Gasteiger charge is 2.58. The molecule has 0 aliphatic carbocycles. The third kappa shape index (κ3) is 4.00. The van der Waals surface area contributed by atoms with Crippen LogP contribution >= 0.6 is 0 Å². The standard InChI is InChI=1S/C23H42FNO3Si/c1-8-27-22(26)25-18-9-10-19(25)12-23(11-18)13-20(24)21(28-23)14-29(15(2)3,16(4)5)17(6)7/h15-21H,8-14H2,1-7H3/t18?,19?,20-,21-,23?/m1/s1. The predicted octanol–water partition coefficient (Wildman–Crippen LogP) is 6.31. The van der Waals surface area contributed by atoms with Gasteiger partial charge in [-0.15, -0.1) is 0 Å². The lowest BCUT2D eigenvalue weighted by molar-refractivity contribution is -0.0901. The summed E-state index contributed by atoms with van der Waals surface area (Å²) in [5.74, 6) is 0. The zero-order valence-corrected chi connectivity index (χ0v) is 20.5. The molecule has 0 aromatic rings. The van der Waals surface area contributed by atoms with Crippen molar-refractivity contribution in [3.63, 3.8) is 0 Å². The molecule has 6 heteroatoms. The Bertz CT molecular complexity index is 561. The molecule has 3 saturated heterocycles. The molecule has 0 aromatic carbocycles. The molecule has 0 N–H and O–H groups in total. The first-order valence-electron chi connectivity index (χ1n) is 11.8. The van der Waals surface area contributed by atoms with Crippen LogP contribution in [0.15, 0.2) is 0 Å². The van der Waals surface area contributed by atoms with Crippen molar-refractivity contribution in [2.45, 2.75) is 133 Å². The molecule has 0 aromatic heterocycles. The lowest BCUT2D eigenvalue weighted by Crippen LogP contribution is -2.53. The first kappa shape index (κ1) is 23.0. The van der Waals surface area contributed by atoms with Gasteiger partial charge in [-0.1, -0.05) is 58.2 Å². The fourth-order valence-corrected chi connectivity index (χ4v) is 13.7. The van der Waals surface area contributed by atoms with Crippen LogP contribution in [0.4, 0.5) is 9.18 Å². The number of amides is 1. The summed E-state index contributed by atoms with van der Waals surface area (Å²) in [5, 5.41) is 0. The van der Waals surface area contributed by atoms with Gasteiger partial charge in [0, 0.05) is 18.5 Å². The molecule has 4 atom stereocenters. The van der Waals surface area contributed by atoms with Gasteiger partial charge in [-0.25, -0.2) is 9.18 Å². The summed E-state index contributed by atoms with van der Waals surface area (Å²) in [6, 6.07) is 1.20. The molecule has 2 unspecified atom stereocenters. The normalized spacial score (nSPS) is 34.8. The zero-order chi connectivity index (χ0) is 21.6. The molecule has 29 heavy (non-hydrogen) atoms. The second kappa shape index (κ2) is 8.49. The minimum absolute atomic E-state index is 0.140. The predicted molar refractivity (Wildman–Crippen MR) is 118 cm³/mol. The van der Waals surface area contributed by atoms with Gasteiger partial charge in [-0.05, 0) is 38.7 Å². The van der Waals surface area contributed by atoms with Crippen LogP contribution in [0.5, 0.6) is 0 Å². The number of alkyl halides is 1. The lowest BCUT2D eigenvalue weighted by atomic mass is 9.83. The molecule has 4 nitrogen and oxygen atoms in total. The van der Waals surface area contributed by atoms with Gasteiger partial charge in [-0.2, -0.15) is 0 Å². The number of carbonyl (C=O) groups excluding carboxylic acids is 1. The molecule has 3 aliphatic rings. The third-order valence-electron chi connectivity index (χ3n) is 8.47. The summed E-state index contributed by atoms with van der Waals surface area (Å²) in [5.41, 5.74) is 1.44. The fraction of sp³-hybridized carbons (Fsp3) is 0.957. The number of ether oxygens (including phenoxy) is 2. The van der Waals surface area contributed by atoms with Crippen LogP contribution in [0, 0.1) is 0 Å². The van der Waals surface area contributed by atoms with E-state index in [1.54, 1.807) is 0 Å². The maximum absolute atomic E-state index is 15.4. The van der Waals surface area contributed by atoms with Crippen LogP contribution in [0.25, 0.3) is 0 Å². The highest BCUT2D eigenvalue weighted by atomic mass is 28.3. The van der Waals surface area contributed by atoms with Crippen LogP contribution in [0.2, 0.25) is 22.7 Å².